The van der Waals surface area contributed by atoms with E-state index in [-0.39, 0.29) is 5.91 Å². The molecule has 28 heavy (non-hydrogen) atoms. The van der Waals surface area contributed by atoms with E-state index in [0.717, 1.165) is 30.2 Å². The molecule has 2 aromatic carbocycles. The molecule has 0 aliphatic carbocycles. The second-order valence-electron chi connectivity index (χ2n) is 7.46. The summed E-state index contributed by atoms with van der Waals surface area (Å²) in [5.74, 6) is -0.298. The fourth-order valence-electron chi connectivity index (χ4n) is 3.29. The van der Waals surface area contributed by atoms with E-state index in [1.165, 1.54) is 15.4 Å². The lowest BCUT2D eigenvalue weighted by Gasteiger charge is -2.28. The lowest BCUT2D eigenvalue weighted by Crippen LogP contribution is -2.48. The summed E-state index contributed by atoms with van der Waals surface area (Å²) in [7, 11) is -3.60. The van der Waals surface area contributed by atoms with Gasteiger partial charge in [0.25, 0.3) is 0 Å². The second kappa shape index (κ2) is 9.24. The average molecular weight is 403 g/mol. The van der Waals surface area contributed by atoms with Gasteiger partial charge in [0, 0.05) is 6.54 Å². The molecule has 0 aliphatic heterocycles. The van der Waals surface area contributed by atoms with Crippen LogP contribution in [-0.4, -0.2) is 33.2 Å². The highest BCUT2D eigenvalue weighted by Crippen LogP contribution is 2.23. The fourth-order valence-corrected chi connectivity index (χ4v) is 4.45. The Labute approximate surface area is 168 Å². The Kier molecular flexibility index (Phi) is 7.24. The second-order valence-corrected chi connectivity index (χ2v) is 9.32. The first-order valence-corrected chi connectivity index (χ1v) is 11.3. The molecule has 0 unspecified atom stereocenters. The third-order valence-corrected chi connectivity index (χ3v) is 5.85. The van der Waals surface area contributed by atoms with E-state index in [0.29, 0.717) is 12.2 Å². The first-order valence-electron chi connectivity index (χ1n) is 9.49. The van der Waals surface area contributed by atoms with Gasteiger partial charge in [0.05, 0.1) is 11.9 Å². The number of carbonyl (C=O) groups is 1. The molecule has 0 aromatic heterocycles. The molecule has 0 bridgehead atoms. The highest BCUT2D eigenvalue weighted by atomic mass is 32.2. The van der Waals surface area contributed by atoms with Crippen molar-refractivity contribution in [1.82, 2.24) is 5.32 Å². The highest BCUT2D eigenvalue weighted by Gasteiger charge is 2.29. The van der Waals surface area contributed by atoms with Crippen LogP contribution in [0.1, 0.15) is 35.6 Å². The number of anilines is 1. The fraction of sp³-hybridized carbons (Fsp3) is 0.409. The lowest BCUT2D eigenvalue weighted by atomic mass is 10.1. The maximum absolute atomic E-state index is 12.6. The van der Waals surface area contributed by atoms with E-state index >= 15 is 0 Å². The molecule has 0 spiro atoms. The molecule has 0 fully saturated rings. The van der Waals surface area contributed by atoms with Crippen LogP contribution >= 0.6 is 0 Å². The Morgan fingerprint density at radius 1 is 1.00 bits per heavy atom. The van der Waals surface area contributed by atoms with Crippen LogP contribution in [0.5, 0.6) is 0 Å². The van der Waals surface area contributed by atoms with Crippen molar-refractivity contribution in [3.05, 3.63) is 64.7 Å². The monoisotopic (exact) mass is 402 g/mol. The molecule has 0 aliphatic rings. The normalized spacial score (nSPS) is 12.5. The Morgan fingerprint density at radius 2 is 1.57 bits per heavy atom. The Bertz CT molecular complexity index is 901. The Morgan fingerprint density at radius 3 is 2.11 bits per heavy atom. The number of nitrogens with one attached hydrogen (secondary N) is 1. The van der Waals surface area contributed by atoms with E-state index < -0.39 is 16.1 Å². The number of carbonyl (C=O) groups excluding carboxylic acids is 1. The number of benzene rings is 2. The molecule has 0 radical (unpaired) electrons. The van der Waals surface area contributed by atoms with Gasteiger partial charge in [0.2, 0.25) is 15.9 Å². The first kappa shape index (κ1) is 22.0. The summed E-state index contributed by atoms with van der Waals surface area (Å²) in [5, 5.41) is 2.87. The van der Waals surface area contributed by atoms with Crippen LogP contribution in [0.25, 0.3) is 0 Å². The Balaban J connectivity index is 2.02. The van der Waals surface area contributed by atoms with Crippen LogP contribution < -0.4 is 9.62 Å². The van der Waals surface area contributed by atoms with Gasteiger partial charge in [-0.1, -0.05) is 35.9 Å². The number of rotatable bonds is 8. The van der Waals surface area contributed by atoms with E-state index in [1.54, 1.807) is 19.1 Å². The van der Waals surface area contributed by atoms with E-state index in [2.05, 4.69) is 36.5 Å². The predicted octanol–water partition coefficient (Wildman–Crippen LogP) is 3.52. The van der Waals surface area contributed by atoms with E-state index in [1.807, 2.05) is 19.9 Å². The maximum atomic E-state index is 12.6. The van der Waals surface area contributed by atoms with Crippen LogP contribution in [0.4, 0.5) is 5.69 Å². The van der Waals surface area contributed by atoms with Crippen molar-refractivity contribution in [3.8, 4) is 0 Å². The summed E-state index contributed by atoms with van der Waals surface area (Å²) in [6.07, 6.45) is 2.79. The van der Waals surface area contributed by atoms with Gasteiger partial charge < -0.3 is 5.32 Å². The molecular formula is C22H30N2O3S. The lowest BCUT2D eigenvalue weighted by molar-refractivity contribution is -0.121. The highest BCUT2D eigenvalue weighted by molar-refractivity contribution is 7.92. The van der Waals surface area contributed by atoms with Crippen molar-refractivity contribution in [2.75, 3.05) is 17.1 Å². The molecule has 2 rings (SSSR count). The molecule has 1 N–H and O–H groups in total. The number of hydrogen-bond acceptors (Lipinski definition) is 3. The number of aryl methyl sites for hydroxylation is 4. The van der Waals surface area contributed by atoms with Gasteiger partial charge in [-0.2, -0.15) is 0 Å². The molecule has 6 heteroatoms. The first-order chi connectivity index (χ1) is 13.1. The quantitative estimate of drug-likeness (QED) is 0.687. The van der Waals surface area contributed by atoms with Crippen LogP contribution in [0.3, 0.4) is 0 Å². The van der Waals surface area contributed by atoms with Gasteiger partial charge >= 0.3 is 0 Å². The van der Waals surface area contributed by atoms with Gasteiger partial charge in [-0.05, 0) is 69.4 Å². The van der Waals surface area contributed by atoms with Crippen LogP contribution in [0.15, 0.2) is 42.5 Å². The molecule has 5 nitrogen and oxygen atoms in total. The zero-order valence-corrected chi connectivity index (χ0v) is 18.1. The summed E-state index contributed by atoms with van der Waals surface area (Å²) in [6.45, 7) is 7.99. The van der Waals surface area contributed by atoms with Gasteiger partial charge in [-0.3, -0.25) is 9.10 Å². The molecule has 152 valence electrons. The standard InChI is InChI=1S/C22H30N2O3S/c1-16-8-10-20(11-9-16)7-6-12-23-22(25)19(4)24(28(5,26)27)21-14-17(2)13-18(3)15-21/h8-11,13-15,19H,6-7,12H2,1-5H3,(H,23,25)/t19-/m1/s1. The van der Waals surface area contributed by atoms with Gasteiger partial charge in [-0.25, -0.2) is 8.42 Å². The van der Waals surface area contributed by atoms with Crippen molar-refractivity contribution in [3.63, 3.8) is 0 Å². The summed E-state index contributed by atoms with van der Waals surface area (Å²) < 4.78 is 26.0. The number of hydrogen-bond donors (Lipinski definition) is 1. The molecule has 1 atom stereocenters. The largest absolute Gasteiger partial charge is 0.354 e. The van der Waals surface area contributed by atoms with Crippen LogP contribution in [0.2, 0.25) is 0 Å². The van der Waals surface area contributed by atoms with Gasteiger partial charge in [-0.15, -0.1) is 0 Å². The number of nitrogens with zero attached hydrogens (tertiary/aromatic N) is 1. The molecule has 0 heterocycles. The Hall–Kier alpha value is -2.34. The van der Waals surface area contributed by atoms with Gasteiger partial charge in [0.1, 0.15) is 6.04 Å². The topological polar surface area (TPSA) is 66.5 Å². The minimum absolute atomic E-state index is 0.298. The summed E-state index contributed by atoms with van der Waals surface area (Å²) in [4.78, 5) is 12.6. The van der Waals surface area contributed by atoms with E-state index in [4.69, 9.17) is 0 Å². The summed E-state index contributed by atoms with van der Waals surface area (Å²) in [6, 6.07) is 13.0. The predicted molar refractivity (Wildman–Crippen MR) is 115 cm³/mol. The van der Waals surface area contributed by atoms with Crippen molar-refractivity contribution < 1.29 is 13.2 Å². The minimum atomic E-state index is -3.60. The third-order valence-electron chi connectivity index (χ3n) is 4.61. The SMILES string of the molecule is Cc1ccc(CCCNC(=O)[C@@H](C)N(c2cc(C)cc(C)c2)S(C)(=O)=O)cc1. The summed E-state index contributed by atoms with van der Waals surface area (Å²) in [5.41, 5.74) is 4.87. The molecule has 0 saturated carbocycles. The van der Waals surface area contributed by atoms with Crippen molar-refractivity contribution in [2.24, 2.45) is 0 Å². The third kappa shape index (κ3) is 6.09. The molecule has 0 saturated heterocycles. The minimum Gasteiger partial charge on any atom is -0.354 e. The van der Waals surface area contributed by atoms with Gasteiger partial charge in [0.15, 0.2) is 0 Å². The molecular weight excluding hydrogens is 372 g/mol. The number of amides is 1. The molecule has 1 amide bonds. The number of sulfonamides is 1. The smallest absolute Gasteiger partial charge is 0.243 e. The zero-order chi connectivity index (χ0) is 20.9. The van der Waals surface area contributed by atoms with Crippen LogP contribution in [-0.2, 0) is 21.2 Å². The maximum Gasteiger partial charge on any atom is 0.243 e. The van der Waals surface area contributed by atoms with E-state index in [9.17, 15) is 13.2 Å². The molecule has 2 aromatic rings. The van der Waals surface area contributed by atoms with Crippen molar-refractivity contribution in [1.29, 1.82) is 0 Å². The average Bonchev–Trinajstić information content (AvgIpc) is 2.58. The zero-order valence-electron chi connectivity index (χ0n) is 17.3. The van der Waals surface area contributed by atoms with Crippen molar-refractivity contribution in [2.45, 2.75) is 46.6 Å². The summed E-state index contributed by atoms with van der Waals surface area (Å²) >= 11 is 0. The van der Waals surface area contributed by atoms with Crippen LogP contribution in [0, 0.1) is 20.8 Å². The van der Waals surface area contributed by atoms with Crippen molar-refractivity contribution >= 4 is 21.6 Å².